The van der Waals surface area contributed by atoms with E-state index in [1.807, 2.05) is 18.2 Å². The molecule has 5 nitrogen and oxygen atoms in total. The summed E-state index contributed by atoms with van der Waals surface area (Å²) in [7, 11) is 3.26. The predicted octanol–water partition coefficient (Wildman–Crippen LogP) is 2.46. The second kappa shape index (κ2) is 7.13. The van der Waals surface area contributed by atoms with Crippen LogP contribution in [0.2, 0.25) is 0 Å². The molecular weight excluding hydrogens is 268 g/mol. The van der Waals surface area contributed by atoms with Crippen molar-refractivity contribution in [3.63, 3.8) is 0 Å². The molecule has 0 saturated heterocycles. The largest absolute Gasteiger partial charge is 0.493 e. The molecule has 21 heavy (non-hydrogen) atoms. The van der Waals surface area contributed by atoms with Crippen molar-refractivity contribution in [1.82, 2.24) is 4.98 Å². The third-order valence-corrected chi connectivity index (χ3v) is 3.51. The van der Waals surface area contributed by atoms with Crippen molar-refractivity contribution in [3.8, 4) is 11.5 Å². The Morgan fingerprint density at radius 3 is 2.52 bits per heavy atom. The first kappa shape index (κ1) is 15.4. The van der Waals surface area contributed by atoms with Crippen LogP contribution in [0.25, 0.3) is 10.8 Å². The maximum absolute atomic E-state index is 9.04. The molecule has 0 bridgehead atoms. The zero-order chi connectivity index (χ0) is 15.2. The second-order valence-electron chi connectivity index (χ2n) is 4.72. The lowest BCUT2D eigenvalue weighted by Gasteiger charge is -2.23. The fourth-order valence-electron chi connectivity index (χ4n) is 2.41. The van der Waals surface area contributed by atoms with Gasteiger partial charge in [-0.3, -0.25) is 0 Å². The molecule has 5 heteroatoms. The van der Waals surface area contributed by atoms with Crippen molar-refractivity contribution < 1.29 is 14.6 Å². The van der Waals surface area contributed by atoms with E-state index in [2.05, 4.69) is 16.8 Å². The van der Waals surface area contributed by atoms with Crippen molar-refractivity contribution in [1.29, 1.82) is 0 Å². The molecule has 0 unspecified atom stereocenters. The molecule has 0 saturated carbocycles. The first-order chi connectivity index (χ1) is 10.2. The van der Waals surface area contributed by atoms with Gasteiger partial charge >= 0.3 is 0 Å². The Bertz CT molecular complexity index is 601. The summed E-state index contributed by atoms with van der Waals surface area (Å²) >= 11 is 0. The topological polar surface area (TPSA) is 54.8 Å². The summed E-state index contributed by atoms with van der Waals surface area (Å²) < 4.78 is 10.7. The molecule has 114 valence electrons. The van der Waals surface area contributed by atoms with Gasteiger partial charge in [-0.05, 0) is 36.9 Å². The number of aliphatic hydroxyl groups excluding tert-OH is 1. The van der Waals surface area contributed by atoms with E-state index in [4.69, 9.17) is 14.6 Å². The van der Waals surface area contributed by atoms with E-state index < -0.39 is 0 Å². The smallest absolute Gasteiger partial charge is 0.161 e. The minimum absolute atomic E-state index is 0.179. The van der Waals surface area contributed by atoms with Crippen LogP contribution in [0.1, 0.15) is 13.3 Å². The highest BCUT2D eigenvalue weighted by atomic mass is 16.5. The number of anilines is 1. The average Bonchev–Trinajstić information content (AvgIpc) is 2.54. The Morgan fingerprint density at radius 2 is 1.90 bits per heavy atom. The molecule has 0 aliphatic heterocycles. The number of hydrogen-bond acceptors (Lipinski definition) is 5. The molecule has 0 atom stereocenters. The highest BCUT2D eigenvalue weighted by molar-refractivity contribution is 5.94. The van der Waals surface area contributed by atoms with E-state index in [0.29, 0.717) is 11.5 Å². The van der Waals surface area contributed by atoms with Crippen LogP contribution >= 0.6 is 0 Å². The maximum atomic E-state index is 9.04. The van der Waals surface area contributed by atoms with Gasteiger partial charge in [-0.1, -0.05) is 0 Å². The zero-order valence-corrected chi connectivity index (χ0v) is 12.8. The lowest BCUT2D eigenvalue weighted by Crippen LogP contribution is -2.25. The van der Waals surface area contributed by atoms with Gasteiger partial charge < -0.3 is 19.5 Å². The Morgan fingerprint density at radius 1 is 1.19 bits per heavy atom. The number of aliphatic hydroxyl groups is 1. The summed E-state index contributed by atoms with van der Waals surface area (Å²) in [5.74, 6) is 2.31. The third kappa shape index (κ3) is 3.19. The molecule has 2 aromatic rings. The third-order valence-electron chi connectivity index (χ3n) is 3.51. The highest BCUT2D eigenvalue weighted by Gasteiger charge is 2.13. The van der Waals surface area contributed by atoms with Gasteiger partial charge in [-0.2, -0.15) is 0 Å². The monoisotopic (exact) mass is 290 g/mol. The standard InChI is InChI=1S/C16H22N2O3/c1-4-18(8-5-9-19)16-13-11-15(21-3)14(20-2)10-12(13)6-7-17-16/h6-7,10-11,19H,4-5,8-9H2,1-3H3. The van der Waals surface area contributed by atoms with Gasteiger partial charge in [0.15, 0.2) is 11.5 Å². The summed E-state index contributed by atoms with van der Waals surface area (Å²) in [6.07, 6.45) is 2.52. The molecule has 0 aliphatic rings. The Kier molecular flexibility index (Phi) is 5.22. The van der Waals surface area contributed by atoms with Crippen LogP contribution in [0.5, 0.6) is 11.5 Å². The number of methoxy groups -OCH3 is 2. The van der Waals surface area contributed by atoms with Gasteiger partial charge in [0, 0.05) is 31.3 Å². The molecule has 0 fully saturated rings. The molecule has 2 rings (SSSR count). The number of pyridine rings is 1. The summed E-state index contributed by atoms with van der Waals surface area (Å²) in [6.45, 7) is 3.87. The van der Waals surface area contributed by atoms with Crippen LogP contribution in [0.4, 0.5) is 5.82 Å². The molecular formula is C16H22N2O3. The van der Waals surface area contributed by atoms with Gasteiger partial charge in [-0.25, -0.2) is 4.98 Å². The first-order valence-corrected chi connectivity index (χ1v) is 7.11. The number of hydrogen-bond donors (Lipinski definition) is 1. The summed E-state index contributed by atoms with van der Waals surface area (Å²) in [4.78, 5) is 6.67. The highest BCUT2D eigenvalue weighted by Crippen LogP contribution is 2.35. The minimum atomic E-state index is 0.179. The number of fused-ring (bicyclic) bond motifs is 1. The van der Waals surface area contributed by atoms with Crippen LogP contribution in [-0.2, 0) is 0 Å². The van der Waals surface area contributed by atoms with Crippen molar-refractivity contribution in [2.75, 3.05) is 38.8 Å². The van der Waals surface area contributed by atoms with E-state index in [1.54, 1.807) is 20.4 Å². The van der Waals surface area contributed by atoms with Crippen molar-refractivity contribution in [2.24, 2.45) is 0 Å². The fraction of sp³-hybridized carbons (Fsp3) is 0.438. The quantitative estimate of drug-likeness (QED) is 0.849. The summed E-state index contributed by atoms with van der Waals surface area (Å²) in [6, 6.07) is 5.87. The molecule has 1 N–H and O–H groups in total. The number of aromatic nitrogens is 1. The Hall–Kier alpha value is -2.01. The van der Waals surface area contributed by atoms with Crippen LogP contribution in [0.15, 0.2) is 24.4 Å². The average molecular weight is 290 g/mol. The number of nitrogens with zero attached hydrogens (tertiary/aromatic N) is 2. The van der Waals surface area contributed by atoms with Crippen LogP contribution < -0.4 is 14.4 Å². The van der Waals surface area contributed by atoms with E-state index in [0.717, 1.165) is 36.1 Å². The molecule has 0 amide bonds. The molecule has 0 spiro atoms. The lowest BCUT2D eigenvalue weighted by molar-refractivity contribution is 0.289. The molecule has 1 aromatic carbocycles. The summed E-state index contributed by atoms with van der Waals surface area (Å²) in [5, 5.41) is 11.1. The van der Waals surface area contributed by atoms with Crippen molar-refractivity contribution >= 4 is 16.6 Å². The number of benzene rings is 1. The predicted molar refractivity (Wildman–Crippen MR) is 84.4 cm³/mol. The van der Waals surface area contributed by atoms with Gasteiger partial charge in [-0.15, -0.1) is 0 Å². The molecule has 0 radical (unpaired) electrons. The van der Waals surface area contributed by atoms with E-state index in [1.165, 1.54) is 0 Å². The van der Waals surface area contributed by atoms with Crippen LogP contribution in [0.3, 0.4) is 0 Å². The maximum Gasteiger partial charge on any atom is 0.161 e. The molecule has 1 heterocycles. The van der Waals surface area contributed by atoms with E-state index >= 15 is 0 Å². The van der Waals surface area contributed by atoms with Crippen LogP contribution in [0, 0.1) is 0 Å². The Labute approximate surface area is 125 Å². The number of ether oxygens (including phenoxy) is 2. The minimum Gasteiger partial charge on any atom is -0.493 e. The molecule has 1 aromatic heterocycles. The van der Waals surface area contributed by atoms with Crippen molar-refractivity contribution in [3.05, 3.63) is 24.4 Å². The second-order valence-corrected chi connectivity index (χ2v) is 4.72. The van der Waals surface area contributed by atoms with E-state index in [-0.39, 0.29) is 6.61 Å². The number of rotatable bonds is 7. The Balaban J connectivity index is 2.53. The SMILES string of the molecule is CCN(CCCO)c1nccc2cc(OC)c(OC)cc12. The van der Waals surface area contributed by atoms with Gasteiger partial charge in [0.1, 0.15) is 5.82 Å². The van der Waals surface area contributed by atoms with Crippen molar-refractivity contribution in [2.45, 2.75) is 13.3 Å². The zero-order valence-electron chi connectivity index (χ0n) is 12.8. The first-order valence-electron chi connectivity index (χ1n) is 7.11. The fourth-order valence-corrected chi connectivity index (χ4v) is 2.41. The van der Waals surface area contributed by atoms with E-state index in [9.17, 15) is 0 Å². The van der Waals surface area contributed by atoms with Gasteiger partial charge in [0.2, 0.25) is 0 Å². The summed E-state index contributed by atoms with van der Waals surface area (Å²) in [5.41, 5.74) is 0. The lowest BCUT2D eigenvalue weighted by atomic mass is 10.1. The van der Waals surface area contributed by atoms with Crippen LogP contribution in [-0.4, -0.2) is 44.0 Å². The normalized spacial score (nSPS) is 10.7. The molecule has 0 aliphatic carbocycles. The van der Waals surface area contributed by atoms with Gasteiger partial charge in [0.05, 0.1) is 14.2 Å². The van der Waals surface area contributed by atoms with Gasteiger partial charge in [0.25, 0.3) is 0 Å².